The van der Waals surface area contributed by atoms with Gasteiger partial charge in [-0.25, -0.2) is 8.42 Å². The molecule has 0 unspecified atom stereocenters. The molecule has 8 heteroatoms. The van der Waals surface area contributed by atoms with Crippen molar-refractivity contribution in [2.24, 2.45) is 0 Å². The van der Waals surface area contributed by atoms with Crippen molar-refractivity contribution in [2.45, 2.75) is 51.0 Å². The summed E-state index contributed by atoms with van der Waals surface area (Å²) in [4.78, 5) is 12.7. The highest BCUT2D eigenvalue weighted by Gasteiger charge is 2.27. The van der Waals surface area contributed by atoms with Gasteiger partial charge in [0, 0.05) is 13.1 Å². The van der Waals surface area contributed by atoms with Gasteiger partial charge in [-0.1, -0.05) is 24.6 Å². The zero-order valence-corrected chi connectivity index (χ0v) is 19.1. The lowest BCUT2D eigenvalue weighted by Crippen LogP contribution is -2.35. The first-order chi connectivity index (χ1) is 14.8. The van der Waals surface area contributed by atoms with Crippen LogP contribution in [0.3, 0.4) is 0 Å². The lowest BCUT2D eigenvalue weighted by atomic mass is 10.2. The summed E-state index contributed by atoms with van der Waals surface area (Å²) in [6, 6.07) is 12.0. The van der Waals surface area contributed by atoms with Crippen molar-refractivity contribution in [2.75, 3.05) is 25.0 Å². The van der Waals surface area contributed by atoms with Gasteiger partial charge in [-0.05, 0) is 63.4 Å². The molecule has 2 aromatic carbocycles. The molecule has 0 aliphatic carbocycles. The molecule has 0 saturated carbocycles. The van der Waals surface area contributed by atoms with Crippen LogP contribution in [0, 0.1) is 6.92 Å². The smallest absolute Gasteiger partial charge is 0.262 e. The number of sulfonamides is 1. The summed E-state index contributed by atoms with van der Waals surface area (Å²) >= 11 is 0. The number of carbonyl (C=O) groups excluding carboxylic acids is 1. The number of anilines is 1. The molecule has 168 valence electrons. The minimum atomic E-state index is -3.63. The van der Waals surface area contributed by atoms with E-state index in [0.29, 0.717) is 30.3 Å². The number of nitrogens with zero attached hydrogens (tertiary/aromatic N) is 1. The lowest BCUT2D eigenvalue weighted by molar-refractivity contribution is -0.118. The van der Waals surface area contributed by atoms with Crippen molar-refractivity contribution in [3.8, 4) is 11.5 Å². The van der Waals surface area contributed by atoms with Crippen LogP contribution >= 0.6 is 0 Å². The number of amides is 1. The van der Waals surface area contributed by atoms with Crippen LogP contribution in [0.15, 0.2) is 47.4 Å². The van der Waals surface area contributed by atoms with Crippen molar-refractivity contribution < 1.29 is 22.7 Å². The first-order valence-electron chi connectivity index (χ1n) is 10.6. The highest BCUT2D eigenvalue weighted by molar-refractivity contribution is 7.89. The first kappa shape index (κ1) is 23.1. The second kappa shape index (κ2) is 10.2. The first-order valence-corrected chi connectivity index (χ1v) is 12.0. The molecule has 1 heterocycles. The highest BCUT2D eigenvalue weighted by atomic mass is 32.2. The summed E-state index contributed by atoms with van der Waals surface area (Å²) in [5.74, 6) is 0.638. The van der Waals surface area contributed by atoms with Gasteiger partial charge in [0.15, 0.2) is 6.61 Å². The third-order valence-corrected chi connectivity index (χ3v) is 6.89. The second-order valence-electron chi connectivity index (χ2n) is 7.89. The maximum atomic E-state index is 13.1. The van der Waals surface area contributed by atoms with E-state index in [0.717, 1.165) is 24.8 Å². The maximum Gasteiger partial charge on any atom is 0.262 e. The van der Waals surface area contributed by atoms with Gasteiger partial charge in [0.2, 0.25) is 10.0 Å². The van der Waals surface area contributed by atoms with Gasteiger partial charge in [0.25, 0.3) is 5.91 Å². The molecular weight excluding hydrogens is 416 g/mol. The second-order valence-corrected chi connectivity index (χ2v) is 9.83. The van der Waals surface area contributed by atoms with Gasteiger partial charge in [-0.2, -0.15) is 4.31 Å². The third-order valence-electron chi connectivity index (χ3n) is 4.99. The SMILES string of the molecule is Cc1ccccc1OCC(=O)Nc1cc(S(=O)(=O)N2CCCCC2)ccc1OC(C)C. The van der Waals surface area contributed by atoms with E-state index in [4.69, 9.17) is 9.47 Å². The van der Waals surface area contributed by atoms with Crippen LogP contribution in [-0.4, -0.2) is 44.4 Å². The van der Waals surface area contributed by atoms with Crippen LogP contribution < -0.4 is 14.8 Å². The summed E-state index contributed by atoms with van der Waals surface area (Å²) < 4.78 is 39.0. The largest absolute Gasteiger partial charge is 0.489 e. The quantitative estimate of drug-likeness (QED) is 0.663. The van der Waals surface area contributed by atoms with Gasteiger partial charge in [-0.15, -0.1) is 0 Å². The molecule has 7 nitrogen and oxygen atoms in total. The van der Waals surface area contributed by atoms with E-state index in [2.05, 4.69) is 5.32 Å². The Hall–Kier alpha value is -2.58. The lowest BCUT2D eigenvalue weighted by Gasteiger charge is -2.26. The van der Waals surface area contributed by atoms with Gasteiger partial charge in [0.05, 0.1) is 16.7 Å². The predicted octanol–water partition coefficient (Wildman–Crippen LogP) is 3.97. The van der Waals surface area contributed by atoms with Gasteiger partial charge in [-0.3, -0.25) is 4.79 Å². The van der Waals surface area contributed by atoms with E-state index in [9.17, 15) is 13.2 Å². The number of ether oxygens (including phenoxy) is 2. The number of aryl methyl sites for hydroxylation is 1. The molecule has 1 amide bonds. The molecule has 0 spiro atoms. The van der Waals surface area contributed by atoms with Gasteiger partial charge < -0.3 is 14.8 Å². The van der Waals surface area contributed by atoms with E-state index in [1.54, 1.807) is 12.1 Å². The fourth-order valence-corrected chi connectivity index (χ4v) is 4.97. The number of carbonyl (C=O) groups is 1. The number of para-hydroxylation sites is 1. The Kier molecular flexibility index (Phi) is 7.56. The average molecular weight is 447 g/mol. The molecule has 1 aliphatic rings. The normalized spacial score (nSPS) is 15.0. The molecule has 1 aliphatic heterocycles. The van der Waals surface area contributed by atoms with Crippen LogP contribution in [0.5, 0.6) is 11.5 Å². The Morgan fingerprint density at radius 1 is 1.06 bits per heavy atom. The molecular formula is C23H30N2O5S. The average Bonchev–Trinajstić information content (AvgIpc) is 2.74. The third kappa shape index (κ3) is 5.98. The van der Waals surface area contributed by atoms with Crippen molar-refractivity contribution in [3.05, 3.63) is 48.0 Å². The number of piperidine rings is 1. The summed E-state index contributed by atoms with van der Waals surface area (Å²) in [6.07, 6.45) is 2.61. The maximum absolute atomic E-state index is 13.1. The molecule has 1 N–H and O–H groups in total. The summed E-state index contributed by atoms with van der Waals surface area (Å²) in [7, 11) is -3.63. The van der Waals surface area contributed by atoms with E-state index in [1.165, 1.54) is 16.4 Å². The zero-order valence-electron chi connectivity index (χ0n) is 18.3. The molecule has 1 fully saturated rings. The minimum absolute atomic E-state index is 0.136. The molecule has 0 atom stereocenters. The molecule has 3 rings (SSSR count). The Labute approximate surface area is 184 Å². The van der Waals surface area contributed by atoms with Crippen LogP contribution in [0.2, 0.25) is 0 Å². The number of benzene rings is 2. The molecule has 0 radical (unpaired) electrons. The predicted molar refractivity (Wildman–Crippen MR) is 120 cm³/mol. The van der Waals surface area contributed by atoms with Crippen LogP contribution in [0.1, 0.15) is 38.7 Å². The fourth-order valence-electron chi connectivity index (χ4n) is 3.43. The summed E-state index contributed by atoms with van der Waals surface area (Å²) in [6.45, 7) is 6.46. The molecule has 0 aromatic heterocycles. The van der Waals surface area contributed by atoms with E-state index >= 15 is 0 Å². The Morgan fingerprint density at radius 3 is 2.45 bits per heavy atom. The number of rotatable bonds is 8. The molecule has 1 saturated heterocycles. The van der Waals surface area contributed by atoms with Crippen molar-refractivity contribution in [3.63, 3.8) is 0 Å². The highest BCUT2D eigenvalue weighted by Crippen LogP contribution is 2.31. The van der Waals surface area contributed by atoms with Crippen molar-refractivity contribution >= 4 is 21.6 Å². The van der Waals surface area contributed by atoms with E-state index < -0.39 is 15.9 Å². The zero-order chi connectivity index (χ0) is 22.4. The fraction of sp³-hybridized carbons (Fsp3) is 0.435. The van der Waals surface area contributed by atoms with E-state index in [-0.39, 0.29) is 17.6 Å². The number of hydrogen-bond acceptors (Lipinski definition) is 5. The molecule has 0 bridgehead atoms. The van der Waals surface area contributed by atoms with Crippen LogP contribution in [-0.2, 0) is 14.8 Å². The monoisotopic (exact) mass is 446 g/mol. The van der Waals surface area contributed by atoms with Crippen LogP contribution in [0.25, 0.3) is 0 Å². The summed E-state index contributed by atoms with van der Waals surface area (Å²) in [5, 5.41) is 2.75. The van der Waals surface area contributed by atoms with Gasteiger partial charge in [0.1, 0.15) is 11.5 Å². The van der Waals surface area contributed by atoms with Crippen molar-refractivity contribution in [1.29, 1.82) is 0 Å². The molecule has 31 heavy (non-hydrogen) atoms. The van der Waals surface area contributed by atoms with Gasteiger partial charge >= 0.3 is 0 Å². The standard InChI is InChI=1S/C23H30N2O5S/c1-17(2)30-22-12-11-19(31(27,28)25-13-7-4-8-14-25)15-20(22)24-23(26)16-29-21-10-6-5-9-18(21)3/h5-6,9-12,15,17H,4,7-8,13-14,16H2,1-3H3,(H,24,26). The Balaban J connectivity index is 1.80. The van der Waals surface area contributed by atoms with E-state index in [1.807, 2.05) is 39.0 Å². The number of hydrogen-bond donors (Lipinski definition) is 1. The Morgan fingerprint density at radius 2 is 1.77 bits per heavy atom. The molecule has 2 aromatic rings. The summed E-state index contributed by atoms with van der Waals surface area (Å²) in [5.41, 5.74) is 1.24. The van der Waals surface area contributed by atoms with Crippen molar-refractivity contribution in [1.82, 2.24) is 4.31 Å². The Bertz CT molecular complexity index is 1010. The minimum Gasteiger partial charge on any atom is -0.489 e. The topological polar surface area (TPSA) is 84.9 Å². The number of nitrogens with one attached hydrogen (secondary N) is 1. The van der Waals surface area contributed by atoms with Crippen LogP contribution in [0.4, 0.5) is 5.69 Å².